The van der Waals surface area contributed by atoms with Crippen LogP contribution in [0.3, 0.4) is 0 Å². The zero-order valence-corrected chi connectivity index (χ0v) is 14.6. The van der Waals surface area contributed by atoms with Crippen LogP contribution in [0.2, 0.25) is 0 Å². The van der Waals surface area contributed by atoms with Gasteiger partial charge in [-0.05, 0) is 50.5 Å². The van der Waals surface area contributed by atoms with Crippen molar-refractivity contribution in [2.24, 2.45) is 17.8 Å². The number of amides is 1. The summed E-state index contributed by atoms with van der Waals surface area (Å²) in [6, 6.07) is 0. The first kappa shape index (κ1) is 19.5. The van der Waals surface area contributed by atoms with Crippen LogP contribution in [-0.4, -0.2) is 35.0 Å². The highest BCUT2D eigenvalue weighted by atomic mass is 19.4. The Labute approximate surface area is 144 Å². The average molecular weight is 361 g/mol. The maximum Gasteiger partial charge on any atom is 0.471 e. The lowest BCUT2D eigenvalue weighted by Crippen LogP contribution is -2.61. The summed E-state index contributed by atoms with van der Waals surface area (Å²) >= 11 is 0. The molecular weight excluding hydrogens is 339 g/mol. The van der Waals surface area contributed by atoms with Crippen molar-refractivity contribution < 1.29 is 32.3 Å². The summed E-state index contributed by atoms with van der Waals surface area (Å²) in [6.07, 6.45) is -5.14. The van der Waals surface area contributed by atoms with E-state index in [1.807, 2.05) is 5.32 Å². The monoisotopic (exact) mass is 361 g/mol. The van der Waals surface area contributed by atoms with E-state index in [2.05, 4.69) is 6.58 Å². The number of hydrogen-bond acceptors (Lipinski definition) is 4. The first-order valence-electron chi connectivity index (χ1n) is 8.04. The van der Waals surface area contributed by atoms with Crippen LogP contribution in [0.5, 0.6) is 0 Å². The number of carbonyl (C=O) groups is 3. The minimum atomic E-state index is -5.13. The molecule has 140 valence electrons. The van der Waals surface area contributed by atoms with Crippen molar-refractivity contribution in [1.29, 1.82) is 0 Å². The van der Waals surface area contributed by atoms with Gasteiger partial charge in [0.2, 0.25) is 0 Å². The predicted octanol–water partition coefficient (Wildman–Crippen LogP) is 2.55. The Morgan fingerprint density at radius 1 is 1.28 bits per heavy atom. The van der Waals surface area contributed by atoms with Gasteiger partial charge in [-0.3, -0.25) is 9.59 Å². The summed E-state index contributed by atoms with van der Waals surface area (Å²) in [6.45, 7) is 10.0. The van der Waals surface area contributed by atoms with Crippen molar-refractivity contribution in [2.75, 3.05) is 0 Å². The van der Waals surface area contributed by atoms with Gasteiger partial charge in [-0.1, -0.05) is 13.5 Å². The van der Waals surface area contributed by atoms with E-state index in [4.69, 9.17) is 4.74 Å². The first-order chi connectivity index (χ1) is 11.2. The van der Waals surface area contributed by atoms with Crippen LogP contribution in [0, 0.1) is 17.8 Å². The maximum absolute atomic E-state index is 12.8. The highest BCUT2D eigenvalue weighted by molar-refractivity contribution is 5.99. The fraction of sp³-hybridized carbons (Fsp3) is 0.706. The predicted molar refractivity (Wildman–Crippen MR) is 82.3 cm³/mol. The van der Waals surface area contributed by atoms with E-state index in [1.54, 1.807) is 27.7 Å². The van der Waals surface area contributed by atoms with Gasteiger partial charge in [0.25, 0.3) is 0 Å². The number of ketones is 1. The van der Waals surface area contributed by atoms with Crippen LogP contribution in [0.15, 0.2) is 12.2 Å². The molecule has 0 saturated heterocycles. The van der Waals surface area contributed by atoms with Gasteiger partial charge in [0.1, 0.15) is 11.1 Å². The fourth-order valence-electron chi connectivity index (χ4n) is 3.78. The lowest BCUT2D eigenvalue weighted by molar-refractivity contribution is -0.182. The third-order valence-corrected chi connectivity index (χ3v) is 5.06. The van der Waals surface area contributed by atoms with Crippen LogP contribution in [0.1, 0.15) is 40.5 Å². The number of nitrogens with one attached hydrogen (secondary N) is 1. The molecule has 2 fully saturated rings. The molecule has 1 N–H and O–H groups in total. The molecule has 0 bridgehead atoms. The van der Waals surface area contributed by atoms with E-state index in [1.165, 1.54) is 0 Å². The molecule has 2 saturated carbocycles. The van der Waals surface area contributed by atoms with E-state index >= 15 is 0 Å². The molecule has 4 atom stereocenters. The zero-order chi connectivity index (χ0) is 19.4. The van der Waals surface area contributed by atoms with Gasteiger partial charge in [0.05, 0.1) is 0 Å². The third kappa shape index (κ3) is 3.43. The van der Waals surface area contributed by atoms with Crippen LogP contribution in [0.25, 0.3) is 0 Å². The molecule has 2 rings (SSSR count). The summed E-state index contributed by atoms with van der Waals surface area (Å²) in [5.41, 5.74) is -2.47. The van der Waals surface area contributed by atoms with Gasteiger partial charge in [-0.15, -0.1) is 0 Å². The average Bonchev–Trinajstić information content (AvgIpc) is 2.85. The van der Waals surface area contributed by atoms with E-state index in [9.17, 15) is 27.6 Å². The number of ether oxygens (including phenoxy) is 1. The summed E-state index contributed by atoms with van der Waals surface area (Å²) in [4.78, 5) is 36.2. The van der Waals surface area contributed by atoms with Gasteiger partial charge in [-0.25, -0.2) is 4.79 Å². The van der Waals surface area contributed by atoms with Crippen molar-refractivity contribution in [3.05, 3.63) is 12.2 Å². The SMILES string of the molecule is C=C1C(=O)CC2C1CC(NC(=O)C(F)(F)F)(C(=O)OC(C)(C)C)C2C. The van der Waals surface area contributed by atoms with Crippen molar-refractivity contribution >= 4 is 17.7 Å². The number of alkyl halides is 3. The van der Waals surface area contributed by atoms with Crippen molar-refractivity contribution in [3.63, 3.8) is 0 Å². The number of carbonyl (C=O) groups excluding carboxylic acids is 3. The molecular formula is C17H22F3NO4. The normalized spacial score (nSPS) is 32.5. The Kier molecular flexibility index (Phi) is 4.55. The third-order valence-electron chi connectivity index (χ3n) is 5.06. The molecule has 0 heterocycles. The van der Waals surface area contributed by atoms with Gasteiger partial charge in [0.15, 0.2) is 5.78 Å². The summed E-state index contributed by atoms with van der Waals surface area (Å²) in [7, 11) is 0. The van der Waals surface area contributed by atoms with E-state index in [-0.39, 0.29) is 24.5 Å². The topological polar surface area (TPSA) is 72.5 Å². The smallest absolute Gasteiger partial charge is 0.458 e. The van der Waals surface area contributed by atoms with E-state index in [0.29, 0.717) is 5.57 Å². The van der Waals surface area contributed by atoms with Crippen molar-refractivity contribution in [3.8, 4) is 0 Å². The number of halogens is 3. The van der Waals surface area contributed by atoms with Gasteiger partial charge in [0, 0.05) is 6.42 Å². The maximum atomic E-state index is 12.8. The van der Waals surface area contributed by atoms with Crippen LogP contribution >= 0.6 is 0 Å². The number of fused-ring (bicyclic) bond motifs is 1. The Hall–Kier alpha value is -1.86. The van der Waals surface area contributed by atoms with Crippen molar-refractivity contribution in [1.82, 2.24) is 5.32 Å². The Balaban J connectivity index is 2.41. The highest BCUT2D eigenvalue weighted by Crippen LogP contribution is 2.53. The molecule has 0 radical (unpaired) electrons. The molecule has 1 amide bonds. The van der Waals surface area contributed by atoms with Crippen LogP contribution in [0.4, 0.5) is 13.2 Å². The van der Waals surface area contributed by atoms with Gasteiger partial charge in [-0.2, -0.15) is 13.2 Å². The van der Waals surface area contributed by atoms with Gasteiger partial charge >= 0.3 is 18.1 Å². The number of rotatable bonds is 2. The number of esters is 1. The molecule has 0 aromatic heterocycles. The zero-order valence-electron chi connectivity index (χ0n) is 14.6. The molecule has 2 aliphatic carbocycles. The lowest BCUT2D eigenvalue weighted by atomic mass is 9.82. The molecule has 4 unspecified atom stereocenters. The highest BCUT2D eigenvalue weighted by Gasteiger charge is 2.62. The summed E-state index contributed by atoms with van der Waals surface area (Å²) < 4.78 is 43.7. The van der Waals surface area contributed by atoms with Crippen LogP contribution in [-0.2, 0) is 19.1 Å². The summed E-state index contributed by atoms with van der Waals surface area (Å²) in [5.74, 6) is -4.74. The molecule has 0 spiro atoms. The molecule has 0 aliphatic heterocycles. The number of allylic oxidation sites excluding steroid dienone is 1. The number of hydrogen-bond donors (Lipinski definition) is 1. The first-order valence-corrected chi connectivity index (χ1v) is 8.04. The molecule has 0 aromatic rings. The van der Waals surface area contributed by atoms with E-state index in [0.717, 1.165) is 0 Å². The quantitative estimate of drug-likeness (QED) is 0.606. The number of Topliss-reactive ketones (excluding diaryl/α,β-unsaturated/α-hetero) is 1. The minimum Gasteiger partial charge on any atom is -0.458 e. The second-order valence-corrected chi connectivity index (χ2v) is 7.84. The summed E-state index contributed by atoms with van der Waals surface area (Å²) in [5, 5.41) is 1.88. The minimum absolute atomic E-state index is 0.108. The second kappa shape index (κ2) is 5.85. The largest absolute Gasteiger partial charge is 0.471 e. The Morgan fingerprint density at radius 3 is 2.28 bits per heavy atom. The second-order valence-electron chi connectivity index (χ2n) is 7.84. The molecule has 0 aromatic carbocycles. The molecule has 25 heavy (non-hydrogen) atoms. The van der Waals surface area contributed by atoms with Crippen molar-refractivity contribution in [2.45, 2.75) is 57.9 Å². The standard InChI is InChI=1S/C17H22F3NO4/c1-8-11-7-16(14(24)25-15(3,4)5,21-13(23)17(18,19)20)9(2)10(11)6-12(8)22/h9-11H,1,6-7H2,2-5H3,(H,21,23). The van der Waals surface area contributed by atoms with Crippen LogP contribution < -0.4 is 5.32 Å². The molecule has 2 aliphatic rings. The fourth-order valence-corrected chi connectivity index (χ4v) is 3.78. The Bertz CT molecular complexity index is 635. The van der Waals surface area contributed by atoms with Gasteiger partial charge < -0.3 is 10.1 Å². The lowest BCUT2D eigenvalue weighted by Gasteiger charge is -2.36. The Morgan fingerprint density at radius 2 is 1.84 bits per heavy atom. The molecule has 5 nitrogen and oxygen atoms in total. The molecule has 8 heteroatoms. The van der Waals surface area contributed by atoms with E-state index < -0.39 is 41.0 Å².